The first-order valence-corrected chi connectivity index (χ1v) is 12.0. The van der Waals surface area contributed by atoms with E-state index in [-0.39, 0.29) is 18.1 Å². The number of ether oxygens (including phenoxy) is 2. The number of carbonyl (C=O) groups is 1. The fourth-order valence-electron chi connectivity index (χ4n) is 3.28. The van der Waals surface area contributed by atoms with Crippen LogP contribution >= 0.6 is 11.8 Å². The number of aryl methyl sites for hydroxylation is 1. The summed E-state index contributed by atoms with van der Waals surface area (Å²) in [6, 6.07) is 22.7. The Balaban J connectivity index is 1.29. The van der Waals surface area contributed by atoms with Crippen LogP contribution in [0.25, 0.3) is 0 Å². The number of hydrogen-bond donors (Lipinski definition) is 0. The summed E-state index contributed by atoms with van der Waals surface area (Å²) in [5.74, 6) is 3.10. The molecule has 174 valence electrons. The van der Waals surface area contributed by atoms with E-state index >= 15 is 0 Å². The van der Waals surface area contributed by atoms with Gasteiger partial charge in [-0.2, -0.15) is 0 Å². The lowest BCUT2D eigenvalue weighted by atomic mass is 10.0. The van der Waals surface area contributed by atoms with Crippen LogP contribution in [0.1, 0.15) is 47.1 Å². The molecule has 4 rings (SSSR count). The van der Waals surface area contributed by atoms with Crippen molar-refractivity contribution in [2.45, 2.75) is 38.5 Å². The lowest BCUT2D eigenvalue weighted by molar-refractivity contribution is 0.102. The molecule has 3 aromatic carbocycles. The highest BCUT2D eigenvalue weighted by molar-refractivity contribution is 7.99. The van der Waals surface area contributed by atoms with Gasteiger partial charge in [0.1, 0.15) is 17.2 Å². The summed E-state index contributed by atoms with van der Waals surface area (Å²) < 4.78 is 17.4. The highest BCUT2D eigenvalue weighted by Gasteiger charge is 2.14. The Morgan fingerprint density at radius 2 is 1.71 bits per heavy atom. The van der Waals surface area contributed by atoms with Crippen molar-refractivity contribution in [1.29, 1.82) is 0 Å². The molecule has 0 atom stereocenters. The van der Waals surface area contributed by atoms with Crippen LogP contribution in [0.4, 0.5) is 0 Å². The Kier molecular flexibility index (Phi) is 7.65. The monoisotopic (exact) mass is 474 g/mol. The topological polar surface area (TPSA) is 74.5 Å². The minimum absolute atomic E-state index is 0.0337. The molecule has 0 unspecified atom stereocenters. The van der Waals surface area contributed by atoms with Gasteiger partial charge in [-0.1, -0.05) is 55.9 Å². The molecule has 0 fully saturated rings. The molecule has 0 amide bonds. The maximum Gasteiger partial charge on any atom is 0.277 e. The molecule has 7 heteroatoms. The van der Waals surface area contributed by atoms with Crippen LogP contribution < -0.4 is 9.47 Å². The molecule has 0 radical (unpaired) electrons. The first-order valence-electron chi connectivity index (χ1n) is 11.0. The second kappa shape index (κ2) is 11.0. The van der Waals surface area contributed by atoms with Crippen molar-refractivity contribution in [2.24, 2.45) is 0 Å². The zero-order chi connectivity index (χ0) is 23.9. The summed E-state index contributed by atoms with van der Waals surface area (Å²) in [5, 5.41) is 8.40. The number of rotatable bonds is 10. The van der Waals surface area contributed by atoms with Gasteiger partial charge in [0.05, 0.1) is 5.75 Å². The Labute approximate surface area is 203 Å². The smallest absolute Gasteiger partial charge is 0.277 e. The van der Waals surface area contributed by atoms with Crippen molar-refractivity contribution < 1.29 is 18.7 Å². The minimum Gasteiger partial charge on any atom is -0.484 e. The summed E-state index contributed by atoms with van der Waals surface area (Å²) in [6.07, 6.45) is 0. The first kappa shape index (κ1) is 23.6. The van der Waals surface area contributed by atoms with E-state index in [0.717, 1.165) is 22.6 Å². The third-order valence-corrected chi connectivity index (χ3v) is 5.89. The minimum atomic E-state index is -0.0337. The molecule has 0 N–H and O–H groups in total. The van der Waals surface area contributed by atoms with Gasteiger partial charge in [0.25, 0.3) is 11.1 Å². The number of carbonyl (C=O) groups excluding carboxylic acids is 1. The fraction of sp³-hybridized carbons (Fsp3) is 0.222. The summed E-state index contributed by atoms with van der Waals surface area (Å²) >= 11 is 1.21. The maximum absolute atomic E-state index is 12.6. The number of nitrogens with zero attached hydrogens (tertiary/aromatic N) is 2. The molecule has 0 bridgehead atoms. The predicted molar refractivity (Wildman–Crippen MR) is 132 cm³/mol. The molecule has 4 aromatic rings. The van der Waals surface area contributed by atoms with Crippen molar-refractivity contribution in [2.75, 3.05) is 5.75 Å². The fourth-order valence-corrected chi connectivity index (χ4v) is 3.96. The van der Waals surface area contributed by atoms with Crippen molar-refractivity contribution in [1.82, 2.24) is 10.2 Å². The van der Waals surface area contributed by atoms with Gasteiger partial charge in [0.2, 0.25) is 0 Å². The largest absolute Gasteiger partial charge is 0.484 e. The molecule has 6 nitrogen and oxygen atoms in total. The Morgan fingerprint density at radius 3 is 2.44 bits per heavy atom. The number of ketones is 1. The van der Waals surface area contributed by atoms with Gasteiger partial charge < -0.3 is 13.9 Å². The lowest BCUT2D eigenvalue weighted by Gasteiger charge is -2.13. The van der Waals surface area contributed by atoms with E-state index < -0.39 is 0 Å². The van der Waals surface area contributed by atoms with Crippen molar-refractivity contribution >= 4 is 17.5 Å². The molecule has 34 heavy (non-hydrogen) atoms. The van der Waals surface area contributed by atoms with Gasteiger partial charge >= 0.3 is 0 Å². The van der Waals surface area contributed by atoms with E-state index in [0.29, 0.717) is 28.3 Å². The summed E-state index contributed by atoms with van der Waals surface area (Å²) in [7, 11) is 0. The SMILES string of the molecule is Cc1ccc(C(C)C)c(OCc2nnc(SCC(=O)c3ccc(Oc4ccccc4)cc3)o2)c1. The van der Waals surface area contributed by atoms with Gasteiger partial charge in [0, 0.05) is 5.56 Å². The Hall–Kier alpha value is -3.58. The Bertz CT molecular complexity index is 1240. The van der Waals surface area contributed by atoms with Gasteiger partial charge in [-0.3, -0.25) is 4.79 Å². The normalized spacial score (nSPS) is 10.9. The van der Waals surface area contributed by atoms with Gasteiger partial charge in [-0.05, 0) is 66.4 Å². The van der Waals surface area contributed by atoms with Crippen LogP contribution in [-0.2, 0) is 6.61 Å². The van der Waals surface area contributed by atoms with Crippen LogP contribution in [0.15, 0.2) is 82.4 Å². The third kappa shape index (κ3) is 6.26. The highest BCUT2D eigenvalue weighted by Crippen LogP contribution is 2.28. The molecule has 0 saturated heterocycles. The van der Waals surface area contributed by atoms with Crippen LogP contribution in [0.5, 0.6) is 17.2 Å². The zero-order valence-electron chi connectivity index (χ0n) is 19.4. The summed E-state index contributed by atoms with van der Waals surface area (Å²) in [4.78, 5) is 12.6. The third-order valence-electron chi connectivity index (χ3n) is 5.07. The van der Waals surface area contributed by atoms with Crippen LogP contribution in [-0.4, -0.2) is 21.7 Å². The van der Waals surface area contributed by atoms with E-state index in [2.05, 4.69) is 36.2 Å². The van der Waals surface area contributed by atoms with E-state index in [1.54, 1.807) is 24.3 Å². The molecular weight excluding hydrogens is 448 g/mol. The second-order valence-corrected chi connectivity index (χ2v) is 9.02. The number of benzene rings is 3. The number of Topliss-reactive ketones (excluding diaryl/α,β-unsaturated/α-hetero) is 1. The van der Waals surface area contributed by atoms with Gasteiger partial charge in [0.15, 0.2) is 12.4 Å². The van der Waals surface area contributed by atoms with E-state index in [1.807, 2.05) is 43.3 Å². The molecular formula is C27H26N2O4S. The predicted octanol–water partition coefficient (Wildman–Crippen LogP) is 6.85. The molecule has 0 spiro atoms. The number of hydrogen-bond acceptors (Lipinski definition) is 7. The lowest BCUT2D eigenvalue weighted by Crippen LogP contribution is -2.02. The number of thioether (sulfide) groups is 1. The number of aromatic nitrogens is 2. The molecule has 1 heterocycles. The van der Waals surface area contributed by atoms with Crippen molar-refractivity contribution in [3.8, 4) is 17.2 Å². The second-order valence-electron chi connectivity index (χ2n) is 8.10. The van der Waals surface area contributed by atoms with Gasteiger partial charge in [-0.25, -0.2) is 0 Å². The molecule has 1 aromatic heterocycles. The zero-order valence-corrected chi connectivity index (χ0v) is 20.2. The summed E-state index contributed by atoms with van der Waals surface area (Å²) in [6.45, 7) is 6.45. The molecule has 0 saturated carbocycles. The maximum atomic E-state index is 12.6. The van der Waals surface area contributed by atoms with E-state index in [4.69, 9.17) is 13.9 Å². The Morgan fingerprint density at radius 1 is 0.971 bits per heavy atom. The van der Waals surface area contributed by atoms with Crippen LogP contribution in [0.2, 0.25) is 0 Å². The van der Waals surface area contributed by atoms with Gasteiger partial charge in [-0.15, -0.1) is 10.2 Å². The van der Waals surface area contributed by atoms with Crippen LogP contribution in [0.3, 0.4) is 0 Å². The standard InChI is InChI=1S/C27H26N2O4S/c1-18(2)23-14-9-19(3)15-25(23)31-16-26-28-29-27(33-26)34-17-24(30)20-10-12-22(13-11-20)32-21-7-5-4-6-8-21/h4-15,18H,16-17H2,1-3H3. The quantitative estimate of drug-likeness (QED) is 0.184. The summed E-state index contributed by atoms with van der Waals surface area (Å²) in [5.41, 5.74) is 2.85. The molecule has 0 aliphatic rings. The van der Waals surface area contributed by atoms with Crippen LogP contribution in [0, 0.1) is 6.92 Å². The average molecular weight is 475 g/mol. The van der Waals surface area contributed by atoms with E-state index in [9.17, 15) is 4.79 Å². The van der Waals surface area contributed by atoms with E-state index in [1.165, 1.54) is 11.8 Å². The molecule has 0 aliphatic heterocycles. The van der Waals surface area contributed by atoms with Crippen molar-refractivity contribution in [3.05, 3.63) is 95.4 Å². The molecule has 0 aliphatic carbocycles. The average Bonchev–Trinajstić information content (AvgIpc) is 3.30. The first-order chi connectivity index (χ1) is 16.5. The number of para-hydroxylation sites is 1. The van der Waals surface area contributed by atoms with Crippen molar-refractivity contribution in [3.63, 3.8) is 0 Å². The highest BCUT2D eigenvalue weighted by atomic mass is 32.2.